The minimum absolute atomic E-state index is 0.0156. The Morgan fingerprint density at radius 1 is 1.00 bits per heavy atom. The number of anilines is 2. The van der Waals surface area contributed by atoms with Crippen molar-refractivity contribution in [2.24, 2.45) is 0 Å². The maximum Gasteiger partial charge on any atom is 0.261 e. The van der Waals surface area contributed by atoms with Gasteiger partial charge in [0, 0.05) is 30.7 Å². The predicted molar refractivity (Wildman–Crippen MR) is 104 cm³/mol. The molecule has 2 aromatic rings. The van der Waals surface area contributed by atoms with E-state index in [2.05, 4.69) is 21.4 Å². The average molecular weight is 350 g/mol. The highest BCUT2D eigenvalue weighted by molar-refractivity contribution is 6.06. The maximum absolute atomic E-state index is 12.9. The number of carbonyl (C=O) groups excluding carboxylic acids is 1. The lowest BCUT2D eigenvalue weighted by atomic mass is 10.0. The van der Waals surface area contributed by atoms with E-state index in [0.717, 1.165) is 25.1 Å². The monoisotopic (exact) mass is 350 g/mol. The topological polar surface area (TPSA) is 58.1 Å². The van der Waals surface area contributed by atoms with E-state index in [1.807, 2.05) is 23.1 Å². The van der Waals surface area contributed by atoms with Crippen molar-refractivity contribution in [3.63, 3.8) is 0 Å². The second-order valence-corrected chi connectivity index (χ2v) is 7.32. The van der Waals surface area contributed by atoms with Crippen molar-refractivity contribution in [1.29, 1.82) is 0 Å². The molecule has 0 bridgehead atoms. The summed E-state index contributed by atoms with van der Waals surface area (Å²) in [7, 11) is 0. The highest BCUT2D eigenvalue weighted by Crippen LogP contribution is 2.28. The zero-order valence-electron chi connectivity index (χ0n) is 15.2. The van der Waals surface area contributed by atoms with Crippen molar-refractivity contribution in [3.8, 4) is 0 Å². The summed E-state index contributed by atoms with van der Waals surface area (Å²) in [6.07, 6.45) is 12.9. The van der Waals surface area contributed by atoms with Gasteiger partial charge in [0.15, 0.2) is 0 Å². The third-order valence-electron chi connectivity index (χ3n) is 5.44. The van der Waals surface area contributed by atoms with Crippen molar-refractivity contribution < 1.29 is 4.79 Å². The van der Waals surface area contributed by atoms with Gasteiger partial charge in [-0.3, -0.25) is 4.79 Å². The number of amides is 1. The van der Waals surface area contributed by atoms with E-state index in [1.165, 1.54) is 44.1 Å². The Morgan fingerprint density at radius 3 is 2.50 bits per heavy atom. The summed E-state index contributed by atoms with van der Waals surface area (Å²) in [5, 5.41) is 3.44. The minimum atomic E-state index is -0.0156. The summed E-state index contributed by atoms with van der Waals surface area (Å²) < 4.78 is 0. The Morgan fingerprint density at radius 2 is 1.73 bits per heavy atom. The van der Waals surface area contributed by atoms with E-state index in [9.17, 15) is 4.79 Å². The number of nitrogens with zero attached hydrogens (tertiary/aromatic N) is 3. The number of nitrogens with one attached hydrogen (secondary N) is 1. The smallest absolute Gasteiger partial charge is 0.261 e. The molecule has 1 fully saturated rings. The van der Waals surface area contributed by atoms with Crippen LogP contribution in [-0.4, -0.2) is 28.5 Å². The molecule has 136 valence electrons. The third-order valence-corrected chi connectivity index (χ3v) is 5.44. The molecule has 1 aliphatic heterocycles. The number of carbonyl (C=O) groups is 1. The third kappa shape index (κ3) is 3.71. The van der Waals surface area contributed by atoms with Gasteiger partial charge in [0.05, 0.1) is 5.56 Å². The van der Waals surface area contributed by atoms with Gasteiger partial charge in [-0.15, -0.1) is 0 Å². The first-order valence-corrected chi connectivity index (χ1v) is 9.79. The number of aromatic nitrogens is 2. The van der Waals surface area contributed by atoms with Crippen LogP contribution >= 0.6 is 0 Å². The summed E-state index contributed by atoms with van der Waals surface area (Å²) in [4.78, 5) is 23.6. The normalized spacial score (nSPS) is 18.1. The molecular formula is C21H26N4O. The number of rotatable bonds is 3. The standard InChI is InChI=1S/C21H26N4O/c26-20(25-13-7-9-16-8-5-6-12-19(16)25)17-14-22-21(23-15-17)24-18-10-3-1-2-4-11-18/h5-6,8,12,14-15,18H,1-4,7,9-11,13H2,(H,22,23,24). The van der Waals surface area contributed by atoms with Crippen LogP contribution in [0.2, 0.25) is 0 Å². The Bertz CT molecular complexity index is 751. The zero-order chi connectivity index (χ0) is 17.8. The second-order valence-electron chi connectivity index (χ2n) is 7.32. The fraction of sp³-hybridized carbons (Fsp3) is 0.476. The molecule has 5 nitrogen and oxygen atoms in total. The van der Waals surface area contributed by atoms with Gasteiger partial charge >= 0.3 is 0 Å². The first-order chi connectivity index (χ1) is 12.8. The van der Waals surface area contributed by atoms with E-state index >= 15 is 0 Å². The summed E-state index contributed by atoms with van der Waals surface area (Å²) in [5.74, 6) is 0.616. The predicted octanol–water partition coefficient (Wildman–Crippen LogP) is 4.20. The lowest BCUT2D eigenvalue weighted by Gasteiger charge is -2.29. The van der Waals surface area contributed by atoms with Gasteiger partial charge in [0.1, 0.15) is 0 Å². The molecule has 0 saturated heterocycles. The largest absolute Gasteiger partial charge is 0.351 e. The fourth-order valence-corrected chi connectivity index (χ4v) is 4.02. The van der Waals surface area contributed by atoms with Gasteiger partial charge in [-0.1, -0.05) is 43.9 Å². The number of hydrogen-bond acceptors (Lipinski definition) is 4. The first-order valence-electron chi connectivity index (χ1n) is 9.79. The van der Waals surface area contributed by atoms with Crippen LogP contribution in [0.15, 0.2) is 36.7 Å². The van der Waals surface area contributed by atoms with Crippen molar-refractivity contribution >= 4 is 17.5 Å². The van der Waals surface area contributed by atoms with Gasteiger partial charge in [0.25, 0.3) is 5.91 Å². The van der Waals surface area contributed by atoms with Crippen molar-refractivity contribution in [1.82, 2.24) is 9.97 Å². The van der Waals surface area contributed by atoms with Crippen LogP contribution in [0.3, 0.4) is 0 Å². The lowest BCUT2D eigenvalue weighted by Crippen LogP contribution is -2.35. The number of fused-ring (bicyclic) bond motifs is 1. The molecule has 5 heteroatoms. The summed E-state index contributed by atoms with van der Waals surface area (Å²) >= 11 is 0. The first kappa shape index (κ1) is 17.0. The molecular weight excluding hydrogens is 324 g/mol. The number of para-hydroxylation sites is 1. The summed E-state index contributed by atoms with van der Waals surface area (Å²) in [6, 6.07) is 8.60. The van der Waals surface area contributed by atoms with Gasteiger partial charge in [-0.25, -0.2) is 9.97 Å². The van der Waals surface area contributed by atoms with E-state index in [4.69, 9.17) is 0 Å². The fourth-order valence-electron chi connectivity index (χ4n) is 4.02. The lowest BCUT2D eigenvalue weighted by molar-refractivity contribution is 0.0984. The summed E-state index contributed by atoms with van der Waals surface area (Å²) in [5.41, 5.74) is 2.80. The molecule has 1 aromatic heterocycles. The van der Waals surface area contributed by atoms with Gasteiger partial charge in [-0.05, 0) is 37.3 Å². The molecule has 1 saturated carbocycles. The zero-order valence-corrected chi connectivity index (χ0v) is 15.2. The molecule has 1 aliphatic carbocycles. The van der Waals surface area contributed by atoms with E-state index < -0.39 is 0 Å². The molecule has 0 radical (unpaired) electrons. The van der Waals surface area contributed by atoms with Crippen LogP contribution < -0.4 is 10.2 Å². The quantitative estimate of drug-likeness (QED) is 0.843. The van der Waals surface area contributed by atoms with Crippen LogP contribution in [0.1, 0.15) is 60.9 Å². The minimum Gasteiger partial charge on any atom is -0.351 e. The number of hydrogen-bond donors (Lipinski definition) is 1. The Labute approximate surface area is 154 Å². The molecule has 1 N–H and O–H groups in total. The average Bonchev–Trinajstić information content (AvgIpc) is 2.96. The van der Waals surface area contributed by atoms with Crippen LogP contribution in [0.4, 0.5) is 11.6 Å². The Balaban J connectivity index is 1.46. The Hall–Kier alpha value is -2.43. The van der Waals surface area contributed by atoms with Gasteiger partial charge < -0.3 is 10.2 Å². The van der Waals surface area contributed by atoms with E-state index in [-0.39, 0.29) is 5.91 Å². The molecule has 0 spiro atoms. The van der Waals surface area contributed by atoms with Crippen molar-refractivity contribution in [2.75, 3.05) is 16.8 Å². The molecule has 1 aromatic carbocycles. The Kier molecular flexibility index (Phi) is 5.14. The molecule has 1 amide bonds. The molecule has 2 aliphatic rings. The second kappa shape index (κ2) is 7.85. The molecule has 0 atom stereocenters. The molecule has 26 heavy (non-hydrogen) atoms. The molecule has 4 rings (SSSR count). The highest BCUT2D eigenvalue weighted by atomic mass is 16.2. The SMILES string of the molecule is O=C(c1cnc(NC2CCCCCC2)nc1)N1CCCc2ccccc21. The maximum atomic E-state index is 12.9. The highest BCUT2D eigenvalue weighted by Gasteiger charge is 2.24. The van der Waals surface area contributed by atoms with Crippen molar-refractivity contribution in [2.45, 2.75) is 57.4 Å². The van der Waals surface area contributed by atoms with Gasteiger partial charge in [0.2, 0.25) is 5.95 Å². The van der Waals surface area contributed by atoms with Crippen LogP contribution in [0, 0.1) is 0 Å². The van der Waals surface area contributed by atoms with E-state index in [0.29, 0.717) is 17.6 Å². The number of aryl methyl sites for hydroxylation is 1. The van der Waals surface area contributed by atoms with Gasteiger partial charge in [-0.2, -0.15) is 0 Å². The molecule has 0 unspecified atom stereocenters. The summed E-state index contributed by atoms with van der Waals surface area (Å²) in [6.45, 7) is 0.748. The van der Waals surface area contributed by atoms with Crippen molar-refractivity contribution in [3.05, 3.63) is 47.8 Å². The molecule has 2 heterocycles. The van der Waals surface area contributed by atoms with Crippen LogP contribution in [-0.2, 0) is 6.42 Å². The van der Waals surface area contributed by atoms with Crippen LogP contribution in [0.25, 0.3) is 0 Å². The van der Waals surface area contributed by atoms with Crippen LogP contribution in [0.5, 0.6) is 0 Å². The van der Waals surface area contributed by atoms with E-state index in [1.54, 1.807) is 12.4 Å². The number of benzene rings is 1.